The van der Waals surface area contributed by atoms with Crippen LogP contribution in [0.2, 0.25) is 5.02 Å². The van der Waals surface area contributed by atoms with Crippen molar-refractivity contribution in [1.82, 2.24) is 4.90 Å². The summed E-state index contributed by atoms with van der Waals surface area (Å²) >= 11 is 5.91. The Morgan fingerprint density at radius 1 is 1.24 bits per heavy atom. The van der Waals surface area contributed by atoms with Crippen molar-refractivity contribution in [3.05, 3.63) is 34.3 Å². The van der Waals surface area contributed by atoms with Crippen LogP contribution in [0.15, 0.2) is 18.2 Å². The summed E-state index contributed by atoms with van der Waals surface area (Å²) in [6.07, 6.45) is 0. The minimum Gasteiger partial charge on any atom is -0.339 e. The third kappa shape index (κ3) is 4.39. The third-order valence-corrected chi connectivity index (χ3v) is 2.88. The van der Waals surface area contributed by atoms with Crippen molar-refractivity contribution < 1.29 is 4.79 Å². The van der Waals surface area contributed by atoms with Crippen molar-refractivity contribution in [3.63, 3.8) is 0 Å². The van der Waals surface area contributed by atoms with Gasteiger partial charge in [-0.3, -0.25) is 4.79 Å². The number of carbonyl (C=O) groups excluding carboxylic acids is 1. The van der Waals surface area contributed by atoms with Crippen LogP contribution in [0.3, 0.4) is 0 Å². The normalized spacial score (nSPS) is 9.29. The van der Waals surface area contributed by atoms with E-state index in [-0.39, 0.29) is 5.91 Å². The molecule has 0 fully saturated rings. The molecule has 1 rings (SSSR count). The molecule has 0 unspecified atom stereocenters. The van der Waals surface area contributed by atoms with Crippen LogP contribution in [-0.2, 0) is 0 Å². The summed E-state index contributed by atoms with van der Waals surface area (Å²) in [6, 6.07) is 5.38. The summed E-state index contributed by atoms with van der Waals surface area (Å²) in [5.41, 5.74) is 1.65. The lowest BCUT2D eigenvalue weighted by Gasteiger charge is -2.18. The Kier molecular flexibility index (Phi) is 7.64. The number of carbonyl (C=O) groups is 1. The molecule has 0 saturated carbocycles. The average molecular weight is 256 g/mol. The number of rotatable bonds is 3. The monoisotopic (exact) mass is 255 g/mol. The van der Waals surface area contributed by atoms with Crippen molar-refractivity contribution in [3.8, 4) is 0 Å². The molecular weight excluding hydrogens is 234 g/mol. The van der Waals surface area contributed by atoms with Gasteiger partial charge in [-0.05, 0) is 44.5 Å². The molecule has 0 aliphatic carbocycles. The minimum absolute atomic E-state index is 0.0692. The third-order valence-electron chi connectivity index (χ3n) is 2.46. The average Bonchev–Trinajstić information content (AvgIpc) is 2.36. The second-order valence-corrected chi connectivity index (χ2v) is 3.85. The molecule has 0 aliphatic rings. The molecular formula is C14H22ClNO. The van der Waals surface area contributed by atoms with E-state index in [1.165, 1.54) is 0 Å². The predicted octanol–water partition coefficient (Wildman–Crippen LogP) is 4.16. The quantitative estimate of drug-likeness (QED) is 0.794. The molecule has 1 aromatic rings. The van der Waals surface area contributed by atoms with Gasteiger partial charge in [-0.15, -0.1) is 0 Å². The molecule has 0 saturated heterocycles. The van der Waals surface area contributed by atoms with Gasteiger partial charge in [0.15, 0.2) is 0 Å². The summed E-state index contributed by atoms with van der Waals surface area (Å²) in [4.78, 5) is 13.7. The summed E-state index contributed by atoms with van der Waals surface area (Å²) in [5.74, 6) is 0.0692. The maximum absolute atomic E-state index is 12.0. The SMILES string of the molecule is CC.CCN(CC)C(=O)c1ccc(Cl)c(C)c1. The Morgan fingerprint density at radius 3 is 2.18 bits per heavy atom. The second kappa shape index (κ2) is 8.13. The number of amides is 1. The van der Waals surface area contributed by atoms with Gasteiger partial charge in [0.25, 0.3) is 5.91 Å². The van der Waals surface area contributed by atoms with E-state index in [2.05, 4.69) is 0 Å². The molecule has 1 aromatic carbocycles. The van der Waals surface area contributed by atoms with Crippen molar-refractivity contribution in [2.45, 2.75) is 34.6 Å². The van der Waals surface area contributed by atoms with E-state index in [0.29, 0.717) is 10.6 Å². The van der Waals surface area contributed by atoms with Crippen molar-refractivity contribution in [1.29, 1.82) is 0 Å². The van der Waals surface area contributed by atoms with Crippen LogP contribution < -0.4 is 0 Å². The van der Waals surface area contributed by atoms with Gasteiger partial charge in [0.1, 0.15) is 0 Å². The van der Waals surface area contributed by atoms with Crippen LogP contribution in [-0.4, -0.2) is 23.9 Å². The van der Waals surface area contributed by atoms with E-state index in [1.54, 1.807) is 17.0 Å². The Hall–Kier alpha value is -1.02. The van der Waals surface area contributed by atoms with Crippen molar-refractivity contribution in [2.24, 2.45) is 0 Å². The molecule has 0 aromatic heterocycles. The minimum atomic E-state index is 0.0692. The molecule has 3 heteroatoms. The maximum atomic E-state index is 12.0. The van der Waals surface area contributed by atoms with Crippen molar-refractivity contribution in [2.75, 3.05) is 13.1 Å². The van der Waals surface area contributed by atoms with Gasteiger partial charge >= 0.3 is 0 Å². The van der Waals surface area contributed by atoms with E-state index in [0.717, 1.165) is 18.7 Å². The van der Waals surface area contributed by atoms with E-state index in [1.807, 2.05) is 40.7 Å². The first-order valence-corrected chi connectivity index (χ1v) is 6.53. The largest absolute Gasteiger partial charge is 0.339 e. The van der Waals surface area contributed by atoms with Crippen LogP contribution in [0.4, 0.5) is 0 Å². The van der Waals surface area contributed by atoms with E-state index in [4.69, 9.17) is 11.6 Å². The fourth-order valence-corrected chi connectivity index (χ4v) is 1.59. The fraction of sp³-hybridized carbons (Fsp3) is 0.500. The topological polar surface area (TPSA) is 20.3 Å². The van der Waals surface area contributed by atoms with Crippen LogP contribution >= 0.6 is 11.6 Å². The highest BCUT2D eigenvalue weighted by molar-refractivity contribution is 6.31. The summed E-state index contributed by atoms with van der Waals surface area (Å²) in [5, 5.41) is 0.700. The number of hydrogen-bond acceptors (Lipinski definition) is 1. The first-order chi connectivity index (χ1) is 8.10. The Morgan fingerprint density at radius 2 is 1.76 bits per heavy atom. The number of halogens is 1. The van der Waals surface area contributed by atoms with Gasteiger partial charge in [-0.2, -0.15) is 0 Å². The van der Waals surface area contributed by atoms with Gasteiger partial charge in [0.2, 0.25) is 0 Å². The van der Waals surface area contributed by atoms with Gasteiger partial charge in [-0.25, -0.2) is 0 Å². The number of hydrogen-bond donors (Lipinski definition) is 0. The molecule has 0 spiro atoms. The summed E-state index contributed by atoms with van der Waals surface area (Å²) in [6.45, 7) is 11.3. The molecule has 0 atom stereocenters. The molecule has 96 valence electrons. The summed E-state index contributed by atoms with van der Waals surface area (Å²) < 4.78 is 0. The van der Waals surface area contributed by atoms with E-state index < -0.39 is 0 Å². The molecule has 0 aliphatic heterocycles. The Balaban J connectivity index is 0.00000121. The Labute approximate surface area is 110 Å². The van der Waals surface area contributed by atoms with Crippen LogP contribution in [0, 0.1) is 6.92 Å². The van der Waals surface area contributed by atoms with E-state index in [9.17, 15) is 4.79 Å². The fourth-order valence-electron chi connectivity index (χ4n) is 1.47. The van der Waals surface area contributed by atoms with Crippen LogP contribution in [0.5, 0.6) is 0 Å². The van der Waals surface area contributed by atoms with Gasteiger partial charge in [0, 0.05) is 23.7 Å². The lowest BCUT2D eigenvalue weighted by atomic mass is 10.1. The predicted molar refractivity (Wildman–Crippen MR) is 74.8 cm³/mol. The standard InChI is InChI=1S/C12H16ClNO.C2H6/c1-4-14(5-2)12(15)10-6-7-11(13)9(3)8-10;1-2/h6-8H,4-5H2,1-3H3;1-2H3. The molecule has 0 radical (unpaired) electrons. The highest BCUT2D eigenvalue weighted by Gasteiger charge is 2.12. The molecule has 0 heterocycles. The van der Waals surface area contributed by atoms with Gasteiger partial charge in [0.05, 0.1) is 0 Å². The van der Waals surface area contributed by atoms with E-state index >= 15 is 0 Å². The first-order valence-electron chi connectivity index (χ1n) is 6.15. The Bertz CT molecular complexity index is 359. The number of benzene rings is 1. The molecule has 17 heavy (non-hydrogen) atoms. The highest BCUT2D eigenvalue weighted by atomic mass is 35.5. The molecule has 1 amide bonds. The first kappa shape index (κ1) is 16.0. The lowest BCUT2D eigenvalue weighted by molar-refractivity contribution is 0.0773. The smallest absolute Gasteiger partial charge is 0.253 e. The zero-order chi connectivity index (χ0) is 13.4. The molecule has 2 nitrogen and oxygen atoms in total. The van der Waals surface area contributed by atoms with Crippen LogP contribution in [0.25, 0.3) is 0 Å². The van der Waals surface area contributed by atoms with Gasteiger partial charge in [-0.1, -0.05) is 25.4 Å². The number of aryl methyl sites for hydroxylation is 1. The summed E-state index contributed by atoms with van der Waals surface area (Å²) in [7, 11) is 0. The maximum Gasteiger partial charge on any atom is 0.253 e. The van der Waals surface area contributed by atoms with Gasteiger partial charge < -0.3 is 4.90 Å². The zero-order valence-electron chi connectivity index (χ0n) is 11.4. The molecule has 0 N–H and O–H groups in total. The van der Waals surface area contributed by atoms with Crippen LogP contribution in [0.1, 0.15) is 43.6 Å². The zero-order valence-corrected chi connectivity index (χ0v) is 12.1. The molecule has 0 bridgehead atoms. The second-order valence-electron chi connectivity index (χ2n) is 3.44. The van der Waals surface area contributed by atoms with Crippen molar-refractivity contribution >= 4 is 17.5 Å². The lowest BCUT2D eigenvalue weighted by Crippen LogP contribution is -2.30. The highest BCUT2D eigenvalue weighted by Crippen LogP contribution is 2.17. The number of nitrogens with zero attached hydrogens (tertiary/aromatic N) is 1.